The standard InChI is InChI=1S/C19H19N3OS.2ClH/c1-12-17(16-4-6-20-9-15(16)10-21-12)11-22-19(23)14-2-3-18-13(8-14)5-7-24-18;;/h2-3,5,7-8,10,20H,4,6,9,11H2,1H3,(H,22,23);2*1H. The van der Waals surface area contributed by atoms with E-state index in [2.05, 4.69) is 15.6 Å². The molecule has 0 spiro atoms. The Labute approximate surface area is 169 Å². The number of nitrogens with one attached hydrogen (secondary N) is 2. The number of aryl methyl sites for hydroxylation is 1. The van der Waals surface area contributed by atoms with Gasteiger partial charge in [-0.25, -0.2) is 0 Å². The van der Waals surface area contributed by atoms with Gasteiger partial charge in [0.15, 0.2) is 0 Å². The maximum Gasteiger partial charge on any atom is 0.251 e. The number of rotatable bonds is 3. The Morgan fingerprint density at radius 3 is 3.00 bits per heavy atom. The lowest BCUT2D eigenvalue weighted by Gasteiger charge is -2.21. The molecule has 7 heteroatoms. The summed E-state index contributed by atoms with van der Waals surface area (Å²) < 4.78 is 1.20. The molecular formula is C19H21Cl2N3OS. The highest BCUT2D eigenvalue weighted by atomic mass is 35.5. The van der Waals surface area contributed by atoms with Crippen molar-refractivity contribution in [3.63, 3.8) is 0 Å². The van der Waals surface area contributed by atoms with E-state index in [9.17, 15) is 4.79 Å². The highest BCUT2D eigenvalue weighted by Gasteiger charge is 2.16. The fourth-order valence-electron chi connectivity index (χ4n) is 3.26. The third-order valence-corrected chi connectivity index (χ3v) is 5.51. The lowest BCUT2D eigenvalue weighted by Crippen LogP contribution is -2.28. The van der Waals surface area contributed by atoms with Crippen LogP contribution in [0.1, 0.15) is 32.7 Å². The minimum Gasteiger partial charge on any atom is -0.348 e. The predicted octanol–water partition coefficient (Wildman–Crippen LogP) is 4.02. The van der Waals surface area contributed by atoms with Crippen LogP contribution in [0.2, 0.25) is 0 Å². The van der Waals surface area contributed by atoms with Crippen LogP contribution in [-0.2, 0) is 19.5 Å². The maximum atomic E-state index is 12.5. The molecule has 3 heterocycles. The Kier molecular flexibility index (Phi) is 7.01. The summed E-state index contributed by atoms with van der Waals surface area (Å²) in [6.45, 7) is 4.38. The molecule has 0 unspecified atom stereocenters. The molecule has 0 saturated carbocycles. The van der Waals surface area contributed by atoms with Gasteiger partial charge in [-0.3, -0.25) is 9.78 Å². The van der Waals surface area contributed by atoms with Gasteiger partial charge < -0.3 is 10.6 Å². The number of benzene rings is 1. The molecule has 0 radical (unpaired) electrons. The lowest BCUT2D eigenvalue weighted by atomic mass is 9.96. The van der Waals surface area contributed by atoms with Gasteiger partial charge in [0.1, 0.15) is 0 Å². The maximum absolute atomic E-state index is 12.5. The number of hydrogen-bond acceptors (Lipinski definition) is 4. The highest BCUT2D eigenvalue weighted by molar-refractivity contribution is 7.17. The van der Waals surface area contributed by atoms with Crippen molar-refractivity contribution in [1.29, 1.82) is 0 Å². The summed E-state index contributed by atoms with van der Waals surface area (Å²) >= 11 is 1.69. The van der Waals surface area contributed by atoms with Crippen molar-refractivity contribution in [3.8, 4) is 0 Å². The van der Waals surface area contributed by atoms with Gasteiger partial charge in [0.2, 0.25) is 0 Å². The second kappa shape index (κ2) is 8.82. The van der Waals surface area contributed by atoms with E-state index in [1.807, 2.05) is 42.8 Å². The first-order valence-electron chi connectivity index (χ1n) is 8.15. The SMILES string of the molecule is Cc1ncc2c(c1CNC(=O)c1ccc3sccc3c1)CCNC2.Cl.Cl. The number of aromatic nitrogens is 1. The molecule has 1 aliphatic heterocycles. The Balaban J connectivity index is 0.00000121. The van der Waals surface area contributed by atoms with Gasteiger partial charge in [0.25, 0.3) is 5.91 Å². The van der Waals surface area contributed by atoms with Gasteiger partial charge in [-0.05, 0) is 71.6 Å². The average molecular weight is 410 g/mol. The Morgan fingerprint density at radius 2 is 2.15 bits per heavy atom. The van der Waals surface area contributed by atoms with Crippen LogP contribution in [0.25, 0.3) is 10.1 Å². The first-order chi connectivity index (χ1) is 11.7. The molecular weight excluding hydrogens is 389 g/mol. The second-order valence-electron chi connectivity index (χ2n) is 6.11. The number of hydrogen-bond donors (Lipinski definition) is 2. The third kappa shape index (κ3) is 4.01. The van der Waals surface area contributed by atoms with Gasteiger partial charge in [-0.1, -0.05) is 0 Å². The number of carbonyl (C=O) groups is 1. The van der Waals surface area contributed by atoms with E-state index in [0.717, 1.165) is 30.6 Å². The van der Waals surface area contributed by atoms with Crippen LogP contribution in [0.5, 0.6) is 0 Å². The van der Waals surface area contributed by atoms with Crippen molar-refractivity contribution < 1.29 is 4.79 Å². The highest BCUT2D eigenvalue weighted by Crippen LogP contribution is 2.23. The summed E-state index contributed by atoms with van der Waals surface area (Å²) in [6, 6.07) is 7.91. The number of nitrogens with zero attached hydrogens (tertiary/aromatic N) is 1. The predicted molar refractivity (Wildman–Crippen MR) is 112 cm³/mol. The summed E-state index contributed by atoms with van der Waals surface area (Å²) in [5.74, 6) is -0.0333. The van der Waals surface area contributed by atoms with E-state index in [4.69, 9.17) is 0 Å². The summed E-state index contributed by atoms with van der Waals surface area (Å²) in [6.07, 6.45) is 2.94. The monoisotopic (exact) mass is 409 g/mol. The molecule has 2 aromatic heterocycles. The van der Waals surface area contributed by atoms with Crippen molar-refractivity contribution in [2.75, 3.05) is 6.54 Å². The van der Waals surface area contributed by atoms with Gasteiger partial charge in [-0.15, -0.1) is 36.2 Å². The molecule has 2 N–H and O–H groups in total. The zero-order valence-electron chi connectivity index (χ0n) is 14.4. The van der Waals surface area contributed by atoms with Gasteiger partial charge in [0.05, 0.1) is 0 Å². The Morgan fingerprint density at radius 1 is 1.31 bits per heavy atom. The van der Waals surface area contributed by atoms with Crippen molar-refractivity contribution in [3.05, 3.63) is 63.8 Å². The number of pyridine rings is 1. The Hall–Kier alpha value is -1.66. The molecule has 0 fully saturated rings. The molecule has 0 saturated heterocycles. The number of thiophene rings is 1. The van der Waals surface area contributed by atoms with Crippen molar-refractivity contribution in [2.24, 2.45) is 0 Å². The van der Waals surface area contributed by atoms with E-state index < -0.39 is 0 Å². The molecule has 0 bridgehead atoms. The molecule has 4 nitrogen and oxygen atoms in total. The topological polar surface area (TPSA) is 54.0 Å². The smallest absolute Gasteiger partial charge is 0.251 e. The van der Waals surface area contributed by atoms with Crippen LogP contribution in [0.4, 0.5) is 0 Å². The van der Waals surface area contributed by atoms with E-state index in [-0.39, 0.29) is 30.7 Å². The van der Waals surface area contributed by atoms with Crippen LogP contribution >= 0.6 is 36.2 Å². The van der Waals surface area contributed by atoms with E-state index in [1.54, 1.807) is 11.3 Å². The number of fused-ring (bicyclic) bond motifs is 2. The van der Waals surface area contributed by atoms with Crippen LogP contribution in [0.3, 0.4) is 0 Å². The first-order valence-corrected chi connectivity index (χ1v) is 9.03. The van der Waals surface area contributed by atoms with E-state index in [1.165, 1.54) is 21.4 Å². The molecule has 26 heavy (non-hydrogen) atoms. The molecule has 0 atom stereocenters. The number of carbonyl (C=O) groups excluding carboxylic acids is 1. The van der Waals surface area contributed by atoms with Gasteiger partial charge in [0, 0.05) is 35.2 Å². The largest absolute Gasteiger partial charge is 0.348 e. The fraction of sp³-hybridized carbons (Fsp3) is 0.263. The number of halogens is 2. The average Bonchev–Trinajstić information content (AvgIpc) is 3.08. The third-order valence-electron chi connectivity index (χ3n) is 4.61. The van der Waals surface area contributed by atoms with Crippen LogP contribution < -0.4 is 10.6 Å². The summed E-state index contributed by atoms with van der Waals surface area (Å²) in [7, 11) is 0. The van der Waals surface area contributed by atoms with E-state index >= 15 is 0 Å². The summed E-state index contributed by atoms with van der Waals surface area (Å²) in [5, 5.41) is 9.60. The molecule has 4 rings (SSSR count). The van der Waals surface area contributed by atoms with Crippen molar-refractivity contribution in [2.45, 2.75) is 26.4 Å². The molecule has 138 valence electrons. The molecule has 0 aliphatic carbocycles. The van der Waals surface area contributed by atoms with Crippen molar-refractivity contribution >= 4 is 52.1 Å². The van der Waals surface area contributed by atoms with Crippen LogP contribution in [-0.4, -0.2) is 17.4 Å². The van der Waals surface area contributed by atoms with Crippen molar-refractivity contribution in [1.82, 2.24) is 15.6 Å². The summed E-state index contributed by atoms with van der Waals surface area (Å²) in [4.78, 5) is 17.0. The lowest BCUT2D eigenvalue weighted by molar-refractivity contribution is 0.0951. The molecule has 1 aliphatic rings. The minimum absolute atomic E-state index is 0. The fourth-order valence-corrected chi connectivity index (χ4v) is 4.03. The van der Waals surface area contributed by atoms with Crippen LogP contribution in [0, 0.1) is 6.92 Å². The van der Waals surface area contributed by atoms with Crippen LogP contribution in [0.15, 0.2) is 35.8 Å². The molecule has 3 aromatic rings. The molecule has 1 aromatic carbocycles. The minimum atomic E-state index is -0.0333. The van der Waals surface area contributed by atoms with Gasteiger partial charge in [-0.2, -0.15) is 0 Å². The first kappa shape index (κ1) is 20.6. The quantitative estimate of drug-likeness (QED) is 0.686. The zero-order chi connectivity index (χ0) is 16.5. The summed E-state index contributed by atoms with van der Waals surface area (Å²) in [5.41, 5.74) is 5.46. The Bertz CT molecular complexity index is 926. The number of amides is 1. The van der Waals surface area contributed by atoms with E-state index in [0.29, 0.717) is 12.1 Å². The zero-order valence-corrected chi connectivity index (χ0v) is 16.8. The van der Waals surface area contributed by atoms with Gasteiger partial charge >= 0.3 is 0 Å². The molecule has 1 amide bonds. The second-order valence-corrected chi connectivity index (χ2v) is 7.06. The normalized spacial score (nSPS) is 12.7.